The molecule has 0 saturated carbocycles. The van der Waals surface area contributed by atoms with Crippen LogP contribution in [0.15, 0.2) is 27.4 Å². The van der Waals surface area contributed by atoms with Gasteiger partial charge in [-0.3, -0.25) is 9.59 Å². The summed E-state index contributed by atoms with van der Waals surface area (Å²) < 4.78 is 11.1. The molecule has 26 heavy (non-hydrogen) atoms. The molecule has 2 rings (SSSR count). The summed E-state index contributed by atoms with van der Waals surface area (Å²) in [6.45, 7) is 5.47. The molecule has 2 aromatic rings. The summed E-state index contributed by atoms with van der Waals surface area (Å²) >= 11 is 0. The van der Waals surface area contributed by atoms with Crippen LogP contribution in [0.3, 0.4) is 0 Å². The van der Waals surface area contributed by atoms with Crippen molar-refractivity contribution in [3.63, 3.8) is 0 Å². The number of carbonyl (C=O) groups is 2. The van der Waals surface area contributed by atoms with Crippen molar-refractivity contribution in [3.05, 3.63) is 39.7 Å². The monoisotopic (exact) mass is 361 g/mol. The number of amides is 1. The lowest BCUT2D eigenvalue weighted by Crippen LogP contribution is -2.37. The van der Waals surface area contributed by atoms with Gasteiger partial charge in [0.25, 0.3) is 5.91 Å². The zero-order valence-electron chi connectivity index (χ0n) is 15.1. The minimum atomic E-state index is -0.984. The van der Waals surface area contributed by atoms with Crippen LogP contribution in [0.4, 0.5) is 0 Å². The zero-order chi connectivity index (χ0) is 19.3. The lowest BCUT2D eigenvalue weighted by Gasteiger charge is -2.17. The van der Waals surface area contributed by atoms with Gasteiger partial charge in [0.1, 0.15) is 11.3 Å². The fraction of sp³-hybridized carbons (Fsp3) is 0.421. The van der Waals surface area contributed by atoms with Crippen molar-refractivity contribution in [3.8, 4) is 5.75 Å². The minimum Gasteiger partial charge on any atom is -0.481 e. The summed E-state index contributed by atoms with van der Waals surface area (Å²) in [4.78, 5) is 34.4. The van der Waals surface area contributed by atoms with Crippen molar-refractivity contribution in [1.29, 1.82) is 0 Å². The van der Waals surface area contributed by atoms with Crippen LogP contribution in [0.1, 0.15) is 37.8 Å². The molecule has 0 fully saturated rings. The number of carboxylic acids is 1. The summed E-state index contributed by atoms with van der Waals surface area (Å²) in [7, 11) is 0. The van der Waals surface area contributed by atoms with E-state index in [1.165, 1.54) is 6.07 Å². The Morgan fingerprint density at radius 2 is 2.04 bits per heavy atom. The van der Waals surface area contributed by atoms with Crippen LogP contribution in [0.2, 0.25) is 0 Å². The fourth-order valence-corrected chi connectivity index (χ4v) is 2.71. The normalized spacial score (nSPS) is 12.0. The Bertz CT molecular complexity index is 870. The van der Waals surface area contributed by atoms with E-state index in [0.717, 1.165) is 17.5 Å². The van der Waals surface area contributed by atoms with E-state index in [2.05, 4.69) is 5.32 Å². The van der Waals surface area contributed by atoms with Crippen LogP contribution in [0, 0.1) is 6.92 Å². The molecule has 1 atom stereocenters. The summed E-state index contributed by atoms with van der Waals surface area (Å²) in [6.07, 6.45) is 0.547. The third-order valence-electron chi connectivity index (χ3n) is 3.86. The summed E-state index contributed by atoms with van der Waals surface area (Å²) in [5.74, 6) is -0.925. The highest BCUT2D eigenvalue weighted by atomic mass is 16.5. The second-order valence-corrected chi connectivity index (χ2v) is 6.17. The number of carboxylic acid groups (broad SMARTS) is 1. The Morgan fingerprint density at radius 1 is 1.31 bits per heavy atom. The molecule has 0 aliphatic rings. The van der Waals surface area contributed by atoms with E-state index in [-0.39, 0.29) is 13.0 Å². The number of carbonyl (C=O) groups excluding carboxylic acids is 1. The van der Waals surface area contributed by atoms with E-state index in [0.29, 0.717) is 23.1 Å². The Hall–Kier alpha value is -2.83. The number of hydrogen-bond acceptors (Lipinski definition) is 5. The van der Waals surface area contributed by atoms with Crippen molar-refractivity contribution in [1.82, 2.24) is 5.32 Å². The highest BCUT2D eigenvalue weighted by molar-refractivity contribution is 5.88. The predicted octanol–water partition coefficient (Wildman–Crippen LogP) is 2.41. The smallest absolute Gasteiger partial charge is 0.336 e. The van der Waals surface area contributed by atoms with Gasteiger partial charge >= 0.3 is 11.6 Å². The first-order valence-electron chi connectivity index (χ1n) is 8.55. The molecule has 0 aliphatic heterocycles. The van der Waals surface area contributed by atoms with Gasteiger partial charge in [0, 0.05) is 12.6 Å². The number of aryl methyl sites for hydroxylation is 2. The molecule has 0 spiro atoms. The average Bonchev–Trinajstić information content (AvgIpc) is 2.53. The summed E-state index contributed by atoms with van der Waals surface area (Å²) in [5.41, 5.74) is 1.65. The molecule has 7 heteroatoms. The van der Waals surface area contributed by atoms with Crippen LogP contribution in [0.5, 0.6) is 5.75 Å². The summed E-state index contributed by atoms with van der Waals surface area (Å²) in [6, 6.07) is 5.01. The molecule has 7 nitrogen and oxygen atoms in total. The SMILES string of the molecule is CCCc1cc(=O)oc2cc(C)cc(O[C@H](C)C(=O)NCCC(=O)O)c12. The molecule has 2 N–H and O–H groups in total. The Labute approximate surface area is 151 Å². The lowest BCUT2D eigenvalue weighted by atomic mass is 10.0. The van der Waals surface area contributed by atoms with Crippen molar-refractivity contribution in [2.24, 2.45) is 0 Å². The number of nitrogens with one attached hydrogen (secondary N) is 1. The molecule has 140 valence electrons. The van der Waals surface area contributed by atoms with Gasteiger partial charge in [0.2, 0.25) is 0 Å². The van der Waals surface area contributed by atoms with Gasteiger partial charge in [-0.15, -0.1) is 0 Å². The maximum absolute atomic E-state index is 12.1. The molecule has 1 aromatic heterocycles. The molecule has 1 heterocycles. The van der Waals surface area contributed by atoms with Gasteiger partial charge in [-0.05, 0) is 43.5 Å². The third-order valence-corrected chi connectivity index (χ3v) is 3.86. The second kappa shape index (κ2) is 8.51. The largest absolute Gasteiger partial charge is 0.481 e. The average molecular weight is 361 g/mol. The fourth-order valence-electron chi connectivity index (χ4n) is 2.71. The first-order chi connectivity index (χ1) is 12.3. The van der Waals surface area contributed by atoms with Gasteiger partial charge in [-0.25, -0.2) is 4.79 Å². The van der Waals surface area contributed by atoms with E-state index in [1.54, 1.807) is 19.1 Å². The van der Waals surface area contributed by atoms with Gasteiger partial charge in [-0.1, -0.05) is 13.3 Å². The van der Waals surface area contributed by atoms with Gasteiger partial charge in [-0.2, -0.15) is 0 Å². The van der Waals surface area contributed by atoms with Crippen molar-refractivity contribution >= 4 is 22.8 Å². The van der Waals surface area contributed by atoms with E-state index in [1.807, 2.05) is 13.8 Å². The number of ether oxygens (including phenoxy) is 1. The van der Waals surface area contributed by atoms with E-state index in [9.17, 15) is 14.4 Å². The van der Waals surface area contributed by atoms with Crippen LogP contribution < -0.4 is 15.7 Å². The molecule has 0 unspecified atom stereocenters. The van der Waals surface area contributed by atoms with Gasteiger partial charge < -0.3 is 19.6 Å². The molecule has 0 radical (unpaired) electrons. The Balaban J connectivity index is 2.32. The molecule has 0 saturated heterocycles. The van der Waals surface area contributed by atoms with E-state index >= 15 is 0 Å². The van der Waals surface area contributed by atoms with E-state index in [4.69, 9.17) is 14.3 Å². The maximum Gasteiger partial charge on any atom is 0.336 e. The number of hydrogen-bond donors (Lipinski definition) is 2. The second-order valence-electron chi connectivity index (χ2n) is 6.17. The molecule has 0 aliphatic carbocycles. The zero-order valence-corrected chi connectivity index (χ0v) is 15.1. The predicted molar refractivity (Wildman–Crippen MR) is 96.6 cm³/mol. The van der Waals surface area contributed by atoms with Gasteiger partial charge in [0.05, 0.1) is 11.8 Å². The number of rotatable bonds is 8. The molecule has 1 aromatic carbocycles. The van der Waals surface area contributed by atoms with Crippen LogP contribution in [0.25, 0.3) is 11.0 Å². The topological polar surface area (TPSA) is 106 Å². The first-order valence-corrected chi connectivity index (χ1v) is 8.55. The molecular weight excluding hydrogens is 338 g/mol. The Kier molecular flexibility index (Phi) is 6.38. The highest BCUT2D eigenvalue weighted by Gasteiger charge is 2.18. The molecular formula is C19H23NO6. The molecule has 0 bridgehead atoms. The van der Waals surface area contributed by atoms with Crippen LogP contribution in [-0.2, 0) is 16.0 Å². The van der Waals surface area contributed by atoms with Crippen molar-refractivity contribution < 1.29 is 23.8 Å². The lowest BCUT2D eigenvalue weighted by molar-refractivity contribution is -0.137. The summed E-state index contributed by atoms with van der Waals surface area (Å²) in [5, 5.41) is 11.8. The van der Waals surface area contributed by atoms with Gasteiger partial charge in [0.15, 0.2) is 6.10 Å². The number of fused-ring (bicyclic) bond motifs is 1. The van der Waals surface area contributed by atoms with Crippen molar-refractivity contribution in [2.75, 3.05) is 6.54 Å². The van der Waals surface area contributed by atoms with Crippen molar-refractivity contribution in [2.45, 2.75) is 46.1 Å². The Morgan fingerprint density at radius 3 is 2.69 bits per heavy atom. The van der Waals surface area contributed by atoms with Crippen LogP contribution in [-0.4, -0.2) is 29.6 Å². The third kappa shape index (κ3) is 4.84. The maximum atomic E-state index is 12.1. The standard InChI is InChI=1S/C19H23NO6/c1-4-5-13-10-17(23)26-15-9-11(2)8-14(18(13)15)25-12(3)19(24)20-7-6-16(21)22/h8-10,12H,4-7H2,1-3H3,(H,20,24)(H,21,22)/t12-/m1/s1. The van der Waals surface area contributed by atoms with Crippen LogP contribution >= 0.6 is 0 Å². The number of aliphatic carboxylic acids is 1. The first kappa shape index (κ1) is 19.5. The van der Waals surface area contributed by atoms with E-state index < -0.39 is 23.6 Å². The molecule has 1 amide bonds. The minimum absolute atomic E-state index is 0.0341. The quantitative estimate of drug-likeness (QED) is 0.700. The highest BCUT2D eigenvalue weighted by Crippen LogP contribution is 2.31. The number of benzene rings is 1.